The molecule has 0 N–H and O–H groups in total. The van der Waals surface area contributed by atoms with Crippen molar-refractivity contribution >= 4 is 60.3 Å². The lowest BCUT2D eigenvalue weighted by molar-refractivity contribution is 0.658. The van der Waals surface area contributed by atoms with Crippen LogP contribution < -0.4 is 4.90 Å². The second-order valence-electron chi connectivity index (χ2n) is 16.4. The number of nitrogens with zero attached hydrogens (tertiary/aromatic N) is 1. The minimum Gasteiger partial charge on any atom is -0.310 e. The molecule has 1 spiro atoms. The smallest absolute Gasteiger partial charge is 0.0735 e. The van der Waals surface area contributed by atoms with Crippen LogP contribution in [0.1, 0.15) is 57.7 Å². The molecule has 9 aromatic carbocycles. The van der Waals surface area contributed by atoms with E-state index in [0.717, 1.165) is 17.1 Å². The second kappa shape index (κ2) is 14.5. The first kappa shape index (κ1) is 36.2. The molecule has 2 heterocycles. The lowest BCUT2D eigenvalue weighted by Gasteiger charge is -2.39. The Morgan fingerprint density at radius 2 is 0.967 bits per heavy atom. The van der Waals surface area contributed by atoms with Gasteiger partial charge in [-0.15, -0.1) is 11.3 Å². The van der Waals surface area contributed by atoms with Crippen LogP contribution in [-0.2, 0) is 5.41 Å². The van der Waals surface area contributed by atoms with Gasteiger partial charge in [-0.25, -0.2) is 0 Å². The molecule has 2 aliphatic rings. The van der Waals surface area contributed by atoms with Crippen LogP contribution in [0.4, 0.5) is 17.1 Å². The Morgan fingerprint density at radius 3 is 1.69 bits per heavy atom. The highest BCUT2D eigenvalue weighted by molar-refractivity contribution is 7.99. The van der Waals surface area contributed by atoms with E-state index < -0.39 is 5.41 Å². The van der Waals surface area contributed by atoms with Gasteiger partial charge in [-0.05, 0) is 117 Å². The standard InChI is InChI=1S/C58H41NS2/c1-38(39-17-5-2-6-18-39)57(40-19-7-3-8-20-40)41-29-34-53-48(35-41)46-32-30-44(37-56(46)60-53)59(42-21-9-4-10-22-42)43-31-33-50-47(36-43)45-23-11-12-24-49(45)58(50)51-25-13-15-27-54(51)61-55-28-16-14-26-52(55)58/h2-38,57H,1H3. The van der Waals surface area contributed by atoms with E-state index in [0.29, 0.717) is 5.92 Å². The fourth-order valence-corrected chi connectivity index (χ4v) is 12.8. The number of hydrogen-bond acceptors (Lipinski definition) is 3. The zero-order valence-corrected chi connectivity index (χ0v) is 35.3. The van der Waals surface area contributed by atoms with Crippen LogP contribution in [0.3, 0.4) is 0 Å². The first-order chi connectivity index (χ1) is 30.2. The van der Waals surface area contributed by atoms with E-state index in [1.54, 1.807) is 0 Å². The SMILES string of the molecule is CC(c1ccccc1)C(c1ccccc1)c1ccc2sc3cc(N(c4ccccc4)c4ccc5c(c4)-c4ccccc4C54c5ccccc5Sc5ccccc54)ccc3c2c1. The van der Waals surface area contributed by atoms with Gasteiger partial charge >= 0.3 is 0 Å². The lowest BCUT2D eigenvalue weighted by atomic mass is 9.67. The molecular formula is C58H41NS2. The molecule has 1 aromatic heterocycles. The van der Waals surface area contributed by atoms with Crippen molar-refractivity contribution in [2.75, 3.05) is 4.90 Å². The van der Waals surface area contributed by atoms with Gasteiger partial charge in [0.15, 0.2) is 0 Å². The van der Waals surface area contributed by atoms with E-state index in [-0.39, 0.29) is 5.92 Å². The predicted molar refractivity (Wildman–Crippen MR) is 259 cm³/mol. The first-order valence-corrected chi connectivity index (χ1v) is 22.8. The Bertz CT molecular complexity index is 3210. The van der Waals surface area contributed by atoms with E-state index >= 15 is 0 Å². The highest BCUT2D eigenvalue weighted by Gasteiger charge is 2.50. The van der Waals surface area contributed by atoms with Crippen molar-refractivity contribution in [1.82, 2.24) is 0 Å². The third-order valence-corrected chi connectivity index (χ3v) is 15.5. The van der Waals surface area contributed by atoms with Gasteiger partial charge in [-0.2, -0.15) is 0 Å². The first-order valence-electron chi connectivity index (χ1n) is 21.2. The molecule has 0 bridgehead atoms. The van der Waals surface area contributed by atoms with E-state index in [4.69, 9.17) is 0 Å². The Labute approximate surface area is 365 Å². The summed E-state index contributed by atoms with van der Waals surface area (Å²) in [5.74, 6) is 0.543. The number of rotatable bonds is 7. The summed E-state index contributed by atoms with van der Waals surface area (Å²) in [6.45, 7) is 2.37. The molecule has 1 aliphatic heterocycles. The van der Waals surface area contributed by atoms with Gasteiger partial charge in [0.05, 0.1) is 5.41 Å². The summed E-state index contributed by atoms with van der Waals surface area (Å²) in [6.07, 6.45) is 0. The second-order valence-corrected chi connectivity index (χ2v) is 18.6. The van der Waals surface area contributed by atoms with Crippen LogP contribution in [-0.4, -0.2) is 0 Å². The van der Waals surface area contributed by atoms with Gasteiger partial charge in [-0.3, -0.25) is 0 Å². The molecule has 10 aromatic rings. The Balaban J connectivity index is 1.00. The van der Waals surface area contributed by atoms with E-state index in [1.165, 1.54) is 80.0 Å². The van der Waals surface area contributed by atoms with Crippen molar-refractivity contribution in [2.24, 2.45) is 0 Å². The molecule has 61 heavy (non-hydrogen) atoms. The molecule has 12 rings (SSSR count). The molecule has 3 heteroatoms. The molecular weight excluding hydrogens is 775 g/mol. The van der Waals surface area contributed by atoms with Gasteiger partial charge in [-0.1, -0.05) is 176 Å². The maximum Gasteiger partial charge on any atom is 0.0735 e. The topological polar surface area (TPSA) is 3.24 Å². The van der Waals surface area contributed by atoms with Crippen molar-refractivity contribution in [3.63, 3.8) is 0 Å². The van der Waals surface area contributed by atoms with Crippen molar-refractivity contribution in [3.8, 4) is 11.1 Å². The summed E-state index contributed by atoms with van der Waals surface area (Å²) in [5.41, 5.74) is 15.1. The fraction of sp³-hybridized carbons (Fsp3) is 0.0690. The van der Waals surface area contributed by atoms with Crippen LogP contribution >= 0.6 is 23.1 Å². The van der Waals surface area contributed by atoms with Gasteiger partial charge in [0.1, 0.15) is 0 Å². The normalized spacial score (nSPS) is 14.2. The van der Waals surface area contributed by atoms with Gasteiger partial charge in [0.2, 0.25) is 0 Å². The maximum atomic E-state index is 2.47. The third-order valence-electron chi connectivity index (χ3n) is 13.2. The Hall–Kier alpha value is -6.65. The molecule has 290 valence electrons. The van der Waals surface area contributed by atoms with Crippen molar-refractivity contribution in [1.29, 1.82) is 0 Å². The fourth-order valence-electron chi connectivity index (χ4n) is 10.5. The van der Waals surface area contributed by atoms with E-state index in [2.05, 4.69) is 230 Å². The molecule has 0 amide bonds. The van der Waals surface area contributed by atoms with E-state index in [9.17, 15) is 0 Å². The molecule has 2 unspecified atom stereocenters. The molecule has 2 atom stereocenters. The predicted octanol–water partition coefficient (Wildman–Crippen LogP) is 16.3. The maximum absolute atomic E-state index is 2.47. The quantitative estimate of drug-likeness (QED) is 0.158. The lowest BCUT2D eigenvalue weighted by Crippen LogP contribution is -2.31. The third kappa shape index (κ3) is 5.68. The van der Waals surface area contributed by atoms with Crippen molar-refractivity contribution in [3.05, 3.63) is 257 Å². The summed E-state index contributed by atoms with van der Waals surface area (Å²) in [7, 11) is 0. The monoisotopic (exact) mass is 815 g/mol. The number of para-hydroxylation sites is 1. The van der Waals surface area contributed by atoms with Gasteiger partial charge in [0, 0.05) is 52.9 Å². The zero-order chi connectivity index (χ0) is 40.5. The summed E-state index contributed by atoms with van der Waals surface area (Å²) in [5, 5.41) is 2.62. The average molecular weight is 816 g/mol. The minimum atomic E-state index is -0.395. The highest BCUT2D eigenvalue weighted by atomic mass is 32.2. The van der Waals surface area contributed by atoms with Crippen LogP contribution in [0.25, 0.3) is 31.3 Å². The highest BCUT2D eigenvalue weighted by Crippen LogP contribution is 2.62. The average Bonchev–Trinajstić information content (AvgIpc) is 3.83. The van der Waals surface area contributed by atoms with Crippen molar-refractivity contribution < 1.29 is 0 Å². The number of benzene rings is 9. The molecule has 0 saturated heterocycles. The van der Waals surface area contributed by atoms with Crippen LogP contribution in [0, 0.1) is 0 Å². The largest absolute Gasteiger partial charge is 0.310 e. The number of anilines is 3. The van der Waals surface area contributed by atoms with Crippen LogP contribution in [0.5, 0.6) is 0 Å². The minimum absolute atomic E-state index is 0.231. The summed E-state index contributed by atoms with van der Waals surface area (Å²) in [6, 6.07) is 81.5. The summed E-state index contributed by atoms with van der Waals surface area (Å²) in [4.78, 5) is 5.09. The molecule has 1 aliphatic carbocycles. The number of thiophene rings is 1. The van der Waals surface area contributed by atoms with Crippen LogP contribution in [0.15, 0.2) is 228 Å². The van der Waals surface area contributed by atoms with Crippen LogP contribution in [0.2, 0.25) is 0 Å². The molecule has 0 saturated carbocycles. The molecule has 0 fully saturated rings. The van der Waals surface area contributed by atoms with E-state index in [1.807, 2.05) is 23.1 Å². The zero-order valence-electron chi connectivity index (χ0n) is 33.7. The summed E-state index contributed by atoms with van der Waals surface area (Å²) >= 11 is 3.78. The molecule has 1 nitrogen and oxygen atoms in total. The van der Waals surface area contributed by atoms with Gasteiger partial charge < -0.3 is 4.90 Å². The molecule has 0 radical (unpaired) electrons. The number of fused-ring (bicyclic) bond motifs is 12. The van der Waals surface area contributed by atoms with Gasteiger partial charge in [0.25, 0.3) is 0 Å². The van der Waals surface area contributed by atoms with Crippen molar-refractivity contribution in [2.45, 2.75) is 34.0 Å². The number of hydrogen-bond donors (Lipinski definition) is 0. The summed E-state index contributed by atoms with van der Waals surface area (Å²) < 4.78 is 2.60. The Morgan fingerprint density at radius 1 is 0.393 bits per heavy atom. The Kier molecular flexibility index (Phi) is 8.62.